The highest BCUT2D eigenvalue weighted by molar-refractivity contribution is 5.55. The summed E-state index contributed by atoms with van der Waals surface area (Å²) in [5.41, 5.74) is 1.45. The van der Waals surface area contributed by atoms with Crippen LogP contribution in [0.25, 0.3) is 0 Å². The average Bonchev–Trinajstić information content (AvgIpc) is 2.50. The molecule has 4 nitrogen and oxygen atoms in total. The molecule has 0 amide bonds. The number of hydrogen-bond donors (Lipinski definition) is 1. The van der Waals surface area contributed by atoms with Gasteiger partial charge in [0.2, 0.25) is 0 Å². The summed E-state index contributed by atoms with van der Waals surface area (Å²) in [5.74, 6) is 0.837. The lowest BCUT2D eigenvalue weighted by molar-refractivity contribution is 0.634. The van der Waals surface area contributed by atoms with Crippen molar-refractivity contribution in [2.75, 3.05) is 5.32 Å². The molecule has 1 N–H and O–H groups in total. The van der Waals surface area contributed by atoms with E-state index in [9.17, 15) is 0 Å². The number of hydrogen-bond acceptors (Lipinski definition) is 3. The maximum absolute atomic E-state index is 9.06. The van der Waals surface area contributed by atoms with Gasteiger partial charge >= 0.3 is 0 Å². The van der Waals surface area contributed by atoms with Crippen LogP contribution in [0.3, 0.4) is 0 Å². The minimum Gasteiger partial charge on any atom is -0.367 e. The second kappa shape index (κ2) is 5.55. The zero-order chi connectivity index (χ0) is 12.1. The van der Waals surface area contributed by atoms with Gasteiger partial charge in [-0.05, 0) is 20.3 Å². The van der Waals surface area contributed by atoms with Crippen LogP contribution in [0, 0.1) is 18.3 Å². The minimum atomic E-state index is 0.377. The Morgan fingerprint density at radius 3 is 2.81 bits per heavy atom. The Morgan fingerprint density at radius 1 is 1.56 bits per heavy atom. The zero-order valence-electron chi connectivity index (χ0n) is 10.5. The van der Waals surface area contributed by atoms with Gasteiger partial charge < -0.3 is 5.32 Å². The summed E-state index contributed by atoms with van der Waals surface area (Å²) in [7, 11) is 1.86. The molecule has 4 heteroatoms. The number of nitrogens with one attached hydrogen (secondary N) is 1. The Hall–Kier alpha value is -1.50. The van der Waals surface area contributed by atoms with Crippen LogP contribution >= 0.6 is 0 Å². The topological polar surface area (TPSA) is 53.6 Å². The van der Waals surface area contributed by atoms with E-state index in [2.05, 4.69) is 30.3 Å². The second-order valence-corrected chi connectivity index (χ2v) is 4.23. The van der Waals surface area contributed by atoms with Crippen molar-refractivity contribution in [3.8, 4) is 6.07 Å². The summed E-state index contributed by atoms with van der Waals surface area (Å²) in [6.07, 6.45) is 3.51. The second-order valence-electron chi connectivity index (χ2n) is 4.23. The monoisotopic (exact) mass is 220 g/mol. The van der Waals surface area contributed by atoms with E-state index in [4.69, 9.17) is 5.26 Å². The predicted molar refractivity (Wildman–Crippen MR) is 65.3 cm³/mol. The number of unbranched alkanes of at least 4 members (excludes halogenated alkanes) is 1. The molecule has 1 aromatic heterocycles. The van der Waals surface area contributed by atoms with Crippen LogP contribution in [0.2, 0.25) is 0 Å². The molecule has 16 heavy (non-hydrogen) atoms. The van der Waals surface area contributed by atoms with Gasteiger partial charge in [-0.2, -0.15) is 10.4 Å². The van der Waals surface area contributed by atoms with E-state index in [0.29, 0.717) is 11.6 Å². The Labute approximate surface area is 97.3 Å². The number of rotatable bonds is 5. The third kappa shape index (κ3) is 2.75. The molecule has 1 aromatic rings. The molecule has 0 saturated heterocycles. The minimum absolute atomic E-state index is 0.377. The summed E-state index contributed by atoms with van der Waals surface area (Å²) in [5, 5.41) is 16.7. The normalized spacial score (nSPS) is 12.2. The molecule has 0 bridgehead atoms. The van der Waals surface area contributed by atoms with Crippen LogP contribution < -0.4 is 5.32 Å². The van der Waals surface area contributed by atoms with Crippen molar-refractivity contribution in [2.24, 2.45) is 7.05 Å². The van der Waals surface area contributed by atoms with Crippen LogP contribution in [0.5, 0.6) is 0 Å². The smallest absolute Gasteiger partial charge is 0.142 e. The molecule has 0 aliphatic rings. The molecule has 1 unspecified atom stereocenters. The van der Waals surface area contributed by atoms with Crippen molar-refractivity contribution < 1.29 is 0 Å². The quantitative estimate of drug-likeness (QED) is 0.829. The van der Waals surface area contributed by atoms with Gasteiger partial charge in [0.05, 0.1) is 5.69 Å². The third-order valence-electron chi connectivity index (χ3n) is 2.71. The summed E-state index contributed by atoms with van der Waals surface area (Å²) in [4.78, 5) is 0. The van der Waals surface area contributed by atoms with Crippen molar-refractivity contribution in [3.05, 3.63) is 11.3 Å². The number of aromatic nitrogens is 2. The number of aryl methyl sites for hydroxylation is 2. The molecule has 0 aromatic carbocycles. The van der Waals surface area contributed by atoms with Gasteiger partial charge in [-0.3, -0.25) is 4.68 Å². The summed E-state index contributed by atoms with van der Waals surface area (Å²) < 4.78 is 1.75. The molecule has 88 valence electrons. The van der Waals surface area contributed by atoms with Crippen molar-refractivity contribution in [1.29, 1.82) is 5.26 Å². The summed E-state index contributed by atoms with van der Waals surface area (Å²) >= 11 is 0. The lowest BCUT2D eigenvalue weighted by atomic mass is 10.1. The molecular weight excluding hydrogens is 200 g/mol. The highest BCUT2D eigenvalue weighted by Crippen LogP contribution is 2.19. The molecule has 1 heterocycles. The average molecular weight is 220 g/mol. The van der Waals surface area contributed by atoms with Crippen molar-refractivity contribution >= 4 is 5.82 Å². The maximum Gasteiger partial charge on any atom is 0.142 e. The van der Waals surface area contributed by atoms with Crippen molar-refractivity contribution in [1.82, 2.24) is 9.78 Å². The van der Waals surface area contributed by atoms with Crippen molar-refractivity contribution in [2.45, 2.75) is 46.1 Å². The fourth-order valence-electron chi connectivity index (χ4n) is 1.77. The lowest BCUT2D eigenvalue weighted by Crippen LogP contribution is -2.17. The van der Waals surface area contributed by atoms with E-state index >= 15 is 0 Å². The van der Waals surface area contributed by atoms with Crippen molar-refractivity contribution in [3.63, 3.8) is 0 Å². The molecule has 0 aliphatic carbocycles. The van der Waals surface area contributed by atoms with E-state index in [1.807, 2.05) is 14.0 Å². The molecular formula is C12H20N4. The maximum atomic E-state index is 9.06. The third-order valence-corrected chi connectivity index (χ3v) is 2.71. The largest absolute Gasteiger partial charge is 0.367 e. The fourth-order valence-corrected chi connectivity index (χ4v) is 1.77. The molecule has 1 rings (SSSR count). The number of nitriles is 1. The number of nitrogens with zero attached hydrogens (tertiary/aromatic N) is 3. The van der Waals surface area contributed by atoms with E-state index < -0.39 is 0 Å². The Kier molecular flexibility index (Phi) is 4.36. The first-order valence-corrected chi connectivity index (χ1v) is 5.80. The van der Waals surface area contributed by atoms with E-state index in [1.54, 1.807) is 4.68 Å². The first-order chi connectivity index (χ1) is 7.60. The van der Waals surface area contributed by atoms with Crippen LogP contribution in [-0.4, -0.2) is 15.8 Å². The Morgan fingerprint density at radius 2 is 2.25 bits per heavy atom. The van der Waals surface area contributed by atoms with Crippen LogP contribution in [0.4, 0.5) is 5.82 Å². The van der Waals surface area contributed by atoms with Gasteiger partial charge in [-0.15, -0.1) is 0 Å². The Balaban J connectivity index is 2.77. The van der Waals surface area contributed by atoms with Gasteiger partial charge in [-0.1, -0.05) is 19.8 Å². The molecule has 1 atom stereocenters. The SMILES string of the molecule is CCCCC(C)Nc1c(C#N)c(C)nn1C. The van der Waals surface area contributed by atoms with E-state index in [-0.39, 0.29) is 0 Å². The lowest BCUT2D eigenvalue weighted by Gasteiger charge is -2.14. The van der Waals surface area contributed by atoms with Crippen LogP contribution in [0.15, 0.2) is 0 Å². The first-order valence-electron chi connectivity index (χ1n) is 5.80. The van der Waals surface area contributed by atoms with Gasteiger partial charge in [0.25, 0.3) is 0 Å². The summed E-state index contributed by atoms with van der Waals surface area (Å²) in [6.45, 7) is 6.18. The molecule has 0 aliphatic heterocycles. The van der Waals surface area contributed by atoms with Gasteiger partial charge in [0.15, 0.2) is 0 Å². The highest BCUT2D eigenvalue weighted by atomic mass is 15.3. The molecule has 0 spiro atoms. The fraction of sp³-hybridized carbons (Fsp3) is 0.667. The highest BCUT2D eigenvalue weighted by Gasteiger charge is 2.14. The van der Waals surface area contributed by atoms with Crippen LogP contribution in [0.1, 0.15) is 44.4 Å². The first kappa shape index (κ1) is 12.6. The zero-order valence-corrected chi connectivity index (χ0v) is 10.5. The molecule has 0 saturated carbocycles. The van der Waals surface area contributed by atoms with E-state index in [0.717, 1.165) is 17.9 Å². The summed E-state index contributed by atoms with van der Waals surface area (Å²) in [6, 6.07) is 2.58. The molecule has 0 radical (unpaired) electrons. The van der Waals surface area contributed by atoms with Gasteiger partial charge in [0.1, 0.15) is 17.5 Å². The van der Waals surface area contributed by atoms with Gasteiger partial charge in [0, 0.05) is 13.1 Å². The predicted octanol–water partition coefficient (Wildman–Crippen LogP) is 2.59. The Bertz CT molecular complexity index is 386. The standard InChI is InChI=1S/C12H20N4/c1-5-6-7-9(2)14-12-11(8-13)10(3)15-16(12)4/h9,14H,5-7H2,1-4H3. The van der Waals surface area contributed by atoms with E-state index in [1.165, 1.54) is 12.8 Å². The van der Waals surface area contributed by atoms with Crippen LogP contribution in [-0.2, 0) is 7.05 Å². The number of anilines is 1. The van der Waals surface area contributed by atoms with Gasteiger partial charge in [-0.25, -0.2) is 0 Å². The molecule has 0 fully saturated rings.